The lowest BCUT2D eigenvalue weighted by molar-refractivity contribution is 0.686. The molecule has 3 heteroatoms. The van der Waals surface area contributed by atoms with Crippen LogP contribution >= 0.6 is 0 Å². The molecule has 0 saturated heterocycles. The van der Waals surface area contributed by atoms with Crippen molar-refractivity contribution in [1.82, 2.24) is 0 Å². The fraction of sp³-hybridized carbons (Fsp3) is 0.400. The quantitative estimate of drug-likeness (QED) is 0.354. The van der Waals surface area contributed by atoms with Gasteiger partial charge in [0.1, 0.15) is 0 Å². The van der Waals surface area contributed by atoms with Crippen molar-refractivity contribution in [3.05, 3.63) is 39.8 Å². The summed E-state index contributed by atoms with van der Waals surface area (Å²) in [5, 5.41) is 3.60. The zero-order chi connectivity index (χ0) is 9.10. The molecule has 0 aromatic heterocycles. The number of rotatable bonds is 1. The van der Waals surface area contributed by atoms with Crippen LogP contribution in [-0.4, -0.2) is 0 Å². The lowest BCUT2D eigenvalue weighted by Crippen LogP contribution is -2.01. The third kappa shape index (κ3) is 1.65. The van der Waals surface area contributed by atoms with E-state index in [1.807, 2.05) is 12.1 Å². The number of fused-ring (bicyclic) bond motifs is 1. The topological polar surface area (TPSA) is 48.8 Å². The van der Waals surface area contributed by atoms with Crippen LogP contribution in [0.25, 0.3) is 10.4 Å². The second-order valence-electron chi connectivity index (χ2n) is 3.35. The van der Waals surface area contributed by atoms with Gasteiger partial charge >= 0.3 is 0 Å². The fourth-order valence-electron chi connectivity index (χ4n) is 1.83. The molecule has 0 amide bonds. The predicted molar refractivity (Wildman–Crippen MR) is 51.9 cm³/mol. The minimum atomic E-state index is 0.739. The Morgan fingerprint density at radius 2 is 1.92 bits per heavy atom. The molecule has 0 spiro atoms. The van der Waals surface area contributed by atoms with Crippen molar-refractivity contribution in [3.8, 4) is 0 Å². The molecule has 0 atom stereocenters. The molecule has 3 nitrogen and oxygen atoms in total. The van der Waals surface area contributed by atoms with Crippen LogP contribution in [0.5, 0.6) is 0 Å². The van der Waals surface area contributed by atoms with E-state index in [9.17, 15) is 0 Å². The van der Waals surface area contributed by atoms with Gasteiger partial charge in [-0.1, -0.05) is 17.2 Å². The third-order valence-electron chi connectivity index (χ3n) is 2.49. The first-order valence-electron chi connectivity index (χ1n) is 4.57. The summed E-state index contributed by atoms with van der Waals surface area (Å²) in [6.45, 7) is 0. The Kier molecular flexibility index (Phi) is 2.19. The molecule has 1 aromatic rings. The average molecular weight is 173 g/mol. The third-order valence-corrected chi connectivity index (χ3v) is 2.49. The molecule has 0 fully saturated rings. The number of benzene rings is 1. The summed E-state index contributed by atoms with van der Waals surface area (Å²) < 4.78 is 0. The molecule has 0 radical (unpaired) electrons. The summed E-state index contributed by atoms with van der Waals surface area (Å²) in [7, 11) is 0. The van der Waals surface area contributed by atoms with E-state index < -0.39 is 0 Å². The molecule has 1 aliphatic carbocycles. The van der Waals surface area contributed by atoms with Gasteiger partial charge in [-0.25, -0.2) is 0 Å². The van der Waals surface area contributed by atoms with Crippen molar-refractivity contribution in [2.24, 2.45) is 5.11 Å². The molecule has 1 aliphatic rings. The molecule has 1 aromatic carbocycles. The van der Waals surface area contributed by atoms with Crippen LogP contribution < -0.4 is 0 Å². The van der Waals surface area contributed by atoms with Gasteiger partial charge in [-0.2, -0.15) is 0 Å². The van der Waals surface area contributed by atoms with E-state index in [1.54, 1.807) is 0 Å². The van der Waals surface area contributed by atoms with Crippen LogP contribution in [0.2, 0.25) is 0 Å². The van der Waals surface area contributed by atoms with E-state index in [-0.39, 0.29) is 0 Å². The Bertz CT molecular complexity index is 364. The minimum absolute atomic E-state index is 0.739. The SMILES string of the molecule is [N-]=[N+]=Nc1ccc2c(c1)CCCC2. The first-order chi connectivity index (χ1) is 6.40. The summed E-state index contributed by atoms with van der Waals surface area (Å²) in [6.07, 6.45) is 4.84. The Hall–Kier alpha value is -1.47. The molecule has 13 heavy (non-hydrogen) atoms. The van der Waals surface area contributed by atoms with Crippen molar-refractivity contribution in [3.63, 3.8) is 0 Å². The summed E-state index contributed by atoms with van der Waals surface area (Å²) in [5.41, 5.74) is 11.8. The standard InChI is InChI=1S/C10H11N3/c11-13-12-10-6-5-8-3-1-2-4-9(8)7-10/h5-7H,1-4H2. The zero-order valence-corrected chi connectivity index (χ0v) is 7.40. The number of aryl methyl sites for hydroxylation is 2. The normalized spacial score (nSPS) is 14.5. The largest absolute Gasteiger partial charge is 0.0608 e. The second-order valence-corrected chi connectivity index (χ2v) is 3.35. The molecule has 66 valence electrons. The Labute approximate surface area is 77.0 Å². The van der Waals surface area contributed by atoms with Gasteiger partial charge in [-0.15, -0.1) is 0 Å². The van der Waals surface area contributed by atoms with Gasteiger partial charge in [0.25, 0.3) is 0 Å². The molecule has 0 heterocycles. The van der Waals surface area contributed by atoms with Crippen molar-refractivity contribution in [2.75, 3.05) is 0 Å². The van der Waals surface area contributed by atoms with E-state index in [0.717, 1.165) is 12.1 Å². The lowest BCUT2D eigenvalue weighted by Gasteiger charge is -2.15. The number of nitrogens with zero attached hydrogens (tertiary/aromatic N) is 3. The maximum Gasteiger partial charge on any atom is 0.0378 e. The zero-order valence-electron chi connectivity index (χ0n) is 7.40. The molecule has 0 unspecified atom stereocenters. The highest BCUT2D eigenvalue weighted by atomic mass is 15.1. The smallest absolute Gasteiger partial charge is 0.0378 e. The van der Waals surface area contributed by atoms with E-state index >= 15 is 0 Å². The molecule has 2 rings (SSSR count). The highest BCUT2D eigenvalue weighted by Gasteiger charge is 2.08. The predicted octanol–water partition coefficient (Wildman–Crippen LogP) is 3.51. The van der Waals surface area contributed by atoms with Gasteiger partial charge in [-0.05, 0) is 48.4 Å². The van der Waals surface area contributed by atoms with Crippen molar-refractivity contribution >= 4 is 5.69 Å². The average Bonchev–Trinajstić information content (AvgIpc) is 2.18. The van der Waals surface area contributed by atoms with Crippen molar-refractivity contribution in [1.29, 1.82) is 0 Å². The monoisotopic (exact) mass is 173 g/mol. The van der Waals surface area contributed by atoms with Gasteiger partial charge in [0.05, 0.1) is 0 Å². The van der Waals surface area contributed by atoms with Gasteiger partial charge in [0.2, 0.25) is 0 Å². The fourth-order valence-corrected chi connectivity index (χ4v) is 1.83. The summed E-state index contributed by atoms with van der Waals surface area (Å²) in [4.78, 5) is 2.78. The van der Waals surface area contributed by atoms with Gasteiger partial charge < -0.3 is 0 Å². The summed E-state index contributed by atoms with van der Waals surface area (Å²) in [6, 6.07) is 5.98. The Morgan fingerprint density at radius 3 is 2.69 bits per heavy atom. The molecular formula is C10H11N3. The van der Waals surface area contributed by atoms with Crippen LogP contribution in [0.15, 0.2) is 23.3 Å². The highest BCUT2D eigenvalue weighted by molar-refractivity contribution is 5.44. The van der Waals surface area contributed by atoms with Crippen molar-refractivity contribution < 1.29 is 0 Å². The molecule has 0 aliphatic heterocycles. The van der Waals surface area contributed by atoms with Gasteiger partial charge in [0.15, 0.2) is 0 Å². The van der Waals surface area contributed by atoms with Crippen LogP contribution in [0.1, 0.15) is 24.0 Å². The van der Waals surface area contributed by atoms with Crippen LogP contribution in [0.4, 0.5) is 5.69 Å². The van der Waals surface area contributed by atoms with Crippen LogP contribution in [-0.2, 0) is 12.8 Å². The van der Waals surface area contributed by atoms with E-state index in [0.29, 0.717) is 0 Å². The Balaban J connectivity index is 2.40. The summed E-state index contributed by atoms with van der Waals surface area (Å²) in [5.74, 6) is 0. The van der Waals surface area contributed by atoms with Gasteiger partial charge in [0, 0.05) is 10.6 Å². The second kappa shape index (κ2) is 3.50. The maximum atomic E-state index is 8.28. The first kappa shape index (κ1) is 8.14. The van der Waals surface area contributed by atoms with E-state index in [4.69, 9.17) is 5.53 Å². The van der Waals surface area contributed by atoms with E-state index in [1.165, 1.54) is 30.4 Å². The maximum absolute atomic E-state index is 8.28. The first-order valence-corrected chi connectivity index (χ1v) is 4.57. The van der Waals surface area contributed by atoms with Crippen molar-refractivity contribution in [2.45, 2.75) is 25.7 Å². The number of hydrogen-bond acceptors (Lipinski definition) is 1. The summed E-state index contributed by atoms with van der Waals surface area (Å²) >= 11 is 0. The molecule has 0 N–H and O–H groups in total. The van der Waals surface area contributed by atoms with Gasteiger partial charge in [-0.3, -0.25) is 0 Å². The molecule has 0 saturated carbocycles. The highest BCUT2D eigenvalue weighted by Crippen LogP contribution is 2.25. The van der Waals surface area contributed by atoms with Crippen LogP contribution in [0, 0.1) is 0 Å². The Morgan fingerprint density at radius 1 is 1.15 bits per heavy atom. The van der Waals surface area contributed by atoms with Crippen LogP contribution in [0.3, 0.4) is 0 Å². The lowest BCUT2D eigenvalue weighted by atomic mass is 9.91. The molecular weight excluding hydrogens is 162 g/mol. The number of azide groups is 1. The minimum Gasteiger partial charge on any atom is -0.0608 e. The van der Waals surface area contributed by atoms with E-state index in [2.05, 4.69) is 16.1 Å². The number of hydrogen-bond donors (Lipinski definition) is 0. The molecule has 0 bridgehead atoms.